The lowest BCUT2D eigenvalue weighted by Gasteiger charge is -2.44. The molecule has 0 N–H and O–H groups in total. The van der Waals surface area contributed by atoms with Gasteiger partial charge in [-0.2, -0.15) is 0 Å². The van der Waals surface area contributed by atoms with Gasteiger partial charge in [0, 0.05) is 44.1 Å². The minimum Gasteiger partial charge on any atom is -0.493 e. The number of methoxy groups -OCH3 is 1. The molecule has 0 aromatic heterocycles. The van der Waals surface area contributed by atoms with E-state index in [2.05, 4.69) is 9.80 Å². The van der Waals surface area contributed by atoms with Gasteiger partial charge in [-0.25, -0.2) is 13.2 Å². The first kappa shape index (κ1) is 28.1. The maximum Gasteiger partial charge on any atom is 0.167 e. The highest BCUT2D eigenvalue weighted by molar-refractivity contribution is 5.59. The number of hydrogen-bond acceptors (Lipinski definition) is 6. The Morgan fingerprint density at radius 1 is 0.925 bits per heavy atom. The van der Waals surface area contributed by atoms with E-state index in [-0.39, 0.29) is 11.8 Å². The first-order chi connectivity index (χ1) is 19.6. The number of benzene rings is 3. The van der Waals surface area contributed by atoms with Crippen LogP contribution in [-0.4, -0.2) is 57.4 Å². The molecule has 3 aromatic rings. The molecule has 0 saturated carbocycles. The van der Waals surface area contributed by atoms with Crippen LogP contribution in [0.5, 0.6) is 17.2 Å². The molecule has 2 aliphatic rings. The van der Waals surface area contributed by atoms with Crippen LogP contribution in [0.3, 0.4) is 0 Å². The summed E-state index contributed by atoms with van der Waals surface area (Å²) < 4.78 is 63.8. The lowest BCUT2D eigenvalue weighted by Crippen LogP contribution is -2.49. The first-order valence-corrected chi connectivity index (χ1v) is 13.6. The average molecular weight is 557 g/mol. The van der Waals surface area contributed by atoms with Crippen molar-refractivity contribution in [1.29, 1.82) is 0 Å². The Morgan fingerprint density at radius 3 is 2.42 bits per heavy atom. The number of halogens is 3. The van der Waals surface area contributed by atoms with Crippen LogP contribution in [0, 0.1) is 5.82 Å². The predicted molar refractivity (Wildman–Crippen MR) is 147 cm³/mol. The van der Waals surface area contributed by atoms with Crippen LogP contribution in [0.15, 0.2) is 60.7 Å². The van der Waals surface area contributed by atoms with E-state index in [4.69, 9.17) is 18.9 Å². The third-order valence-corrected chi connectivity index (χ3v) is 7.33. The largest absolute Gasteiger partial charge is 0.493 e. The number of alkyl halides is 2. The van der Waals surface area contributed by atoms with Crippen molar-refractivity contribution in [2.24, 2.45) is 0 Å². The van der Waals surface area contributed by atoms with Gasteiger partial charge in [0.25, 0.3) is 0 Å². The smallest absolute Gasteiger partial charge is 0.167 e. The molecule has 0 spiro atoms. The Bertz CT molecular complexity index is 1250. The van der Waals surface area contributed by atoms with Crippen LogP contribution >= 0.6 is 0 Å². The topological polar surface area (TPSA) is 43.4 Å². The van der Waals surface area contributed by atoms with Crippen molar-refractivity contribution in [3.8, 4) is 17.2 Å². The molecule has 214 valence electrons. The second-order valence-corrected chi connectivity index (χ2v) is 10.2. The normalized spacial score (nSPS) is 16.2. The minimum absolute atomic E-state index is 0.130. The zero-order valence-corrected chi connectivity index (χ0v) is 22.7. The van der Waals surface area contributed by atoms with Crippen molar-refractivity contribution >= 4 is 5.69 Å². The molecular formula is C31H35F3N2O4. The summed E-state index contributed by atoms with van der Waals surface area (Å²) in [6, 6.07) is 19.1. The summed E-state index contributed by atoms with van der Waals surface area (Å²) in [6.07, 6.45) is 0.342. The number of anilines is 1. The van der Waals surface area contributed by atoms with Crippen molar-refractivity contribution in [2.45, 2.75) is 44.7 Å². The summed E-state index contributed by atoms with van der Waals surface area (Å²) in [7, 11) is 1.62. The number of nitrogens with zero attached hydrogens (tertiary/aromatic N) is 2. The molecule has 3 aromatic carbocycles. The molecule has 0 radical (unpaired) electrons. The van der Waals surface area contributed by atoms with Gasteiger partial charge in [0.1, 0.15) is 20.0 Å². The molecule has 0 unspecified atom stereocenters. The second-order valence-electron chi connectivity index (χ2n) is 10.2. The maximum absolute atomic E-state index is 15.0. The highest BCUT2D eigenvalue weighted by Crippen LogP contribution is 2.37. The number of hydrogen-bond donors (Lipinski definition) is 0. The fourth-order valence-corrected chi connectivity index (χ4v) is 5.27. The van der Waals surface area contributed by atoms with E-state index in [9.17, 15) is 8.78 Å². The predicted octanol–water partition coefficient (Wildman–Crippen LogP) is 6.06. The number of ether oxygens (including phenoxy) is 4. The standard InChI is InChI=1S/C31H35F3N2O4/c1-37-31-13-23(7-8-29(31)39-20-22-5-3-2-4-6-22)18-35-19-24-14-30(40-26(16-32)17-33)27(34)15-28(24)36(21-35)25-9-11-38-12-10-25/h2-8,13-15,25-26H,9-12,16-21H2,1H3. The fraction of sp³-hybridized carbons (Fsp3) is 0.419. The second kappa shape index (κ2) is 13.3. The molecule has 0 atom stereocenters. The molecule has 40 heavy (non-hydrogen) atoms. The van der Waals surface area contributed by atoms with Crippen LogP contribution < -0.4 is 19.1 Å². The van der Waals surface area contributed by atoms with E-state index in [0.717, 1.165) is 35.2 Å². The maximum atomic E-state index is 15.0. The Labute approximate surface area is 233 Å². The van der Waals surface area contributed by atoms with Crippen molar-refractivity contribution in [3.63, 3.8) is 0 Å². The van der Waals surface area contributed by atoms with E-state index in [1.165, 1.54) is 6.07 Å². The number of rotatable bonds is 11. The fourth-order valence-electron chi connectivity index (χ4n) is 5.27. The molecule has 9 heteroatoms. The minimum atomic E-state index is -1.33. The van der Waals surface area contributed by atoms with Gasteiger partial charge >= 0.3 is 0 Å². The molecule has 0 aliphatic carbocycles. The summed E-state index contributed by atoms with van der Waals surface area (Å²) >= 11 is 0. The van der Waals surface area contributed by atoms with Crippen LogP contribution in [0.2, 0.25) is 0 Å². The lowest BCUT2D eigenvalue weighted by molar-refractivity contribution is 0.0792. The summed E-state index contributed by atoms with van der Waals surface area (Å²) in [5, 5.41) is 0. The Kier molecular flexibility index (Phi) is 9.34. The molecule has 2 heterocycles. The highest BCUT2D eigenvalue weighted by atomic mass is 19.1. The van der Waals surface area contributed by atoms with Crippen molar-refractivity contribution in [1.82, 2.24) is 4.90 Å². The SMILES string of the molecule is COc1cc(CN2Cc3cc(OC(CF)CF)c(F)cc3N(C3CCOCC3)C2)ccc1OCc1ccccc1. The molecule has 1 fully saturated rings. The van der Waals surface area contributed by atoms with Gasteiger partial charge in [0.15, 0.2) is 29.2 Å². The van der Waals surface area contributed by atoms with Gasteiger partial charge in [0.2, 0.25) is 0 Å². The van der Waals surface area contributed by atoms with Gasteiger partial charge in [0.05, 0.1) is 13.8 Å². The van der Waals surface area contributed by atoms with E-state index < -0.39 is 25.3 Å². The molecule has 2 aliphatic heterocycles. The van der Waals surface area contributed by atoms with Crippen LogP contribution in [0.25, 0.3) is 0 Å². The number of fused-ring (bicyclic) bond motifs is 1. The van der Waals surface area contributed by atoms with Gasteiger partial charge in [-0.15, -0.1) is 0 Å². The van der Waals surface area contributed by atoms with Crippen LogP contribution in [0.4, 0.5) is 18.9 Å². The third kappa shape index (κ3) is 6.64. The summed E-state index contributed by atoms with van der Waals surface area (Å²) in [5.74, 6) is 0.560. The summed E-state index contributed by atoms with van der Waals surface area (Å²) in [5.41, 5.74) is 3.73. The quantitative estimate of drug-likeness (QED) is 0.286. The Hall–Kier alpha value is -3.43. The molecule has 0 amide bonds. The van der Waals surface area contributed by atoms with E-state index in [0.29, 0.717) is 51.1 Å². The Balaban J connectivity index is 1.36. The first-order valence-electron chi connectivity index (χ1n) is 13.6. The monoisotopic (exact) mass is 556 g/mol. The van der Waals surface area contributed by atoms with Crippen LogP contribution in [0.1, 0.15) is 29.5 Å². The van der Waals surface area contributed by atoms with Crippen molar-refractivity contribution in [2.75, 3.05) is 45.2 Å². The van der Waals surface area contributed by atoms with Gasteiger partial charge in [-0.1, -0.05) is 36.4 Å². The molecule has 6 nitrogen and oxygen atoms in total. The molecule has 5 rings (SSSR count). The van der Waals surface area contributed by atoms with Gasteiger partial charge < -0.3 is 23.8 Å². The molecular weight excluding hydrogens is 521 g/mol. The highest BCUT2D eigenvalue weighted by Gasteiger charge is 2.31. The van der Waals surface area contributed by atoms with E-state index in [1.54, 1.807) is 13.2 Å². The summed E-state index contributed by atoms with van der Waals surface area (Å²) in [6.45, 7) is 1.42. The van der Waals surface area contributed by atoms with E-state index >= 15 is 4.39 Å². The zero-order valence-electron chi connectivity index (χ0n) is 22.7. The van der Waals surface area contributed by atoms with Crippen molar-refractivity contribution < 1.29 is 32.1 Å². The third-order valence-electron chi connectivity index (χ3n) is 7.33. The average Bonchev–Trinajstić information content (AvgIpc) is 3.00. The van der Waals surface area contributed by atoms with E-state index in [1.807, 2.05) is 48.5 Å². The van der Waals surface area contributed by atoms with Gasteiger partial charge in [-0.3, -0.25) is 4.90 Å². The molecule has 0 bridgehead atoms. The van der Waals surface area contributed by atoms with Gasteiger partial charge in [-0.05, 0) is 47.7 Å². The lowest BCUT2D eigenvalue weighted by atomic mass is 10.0. The molecule has 1 saturated heterocycles. The van der Waals surface area contributed by atoms with Crippen molar-refractivity contribution in [3.05, 3.63) is 83.2 Å². The Morgan fingerprint density at radius 2 is 1.70 bits per heavy atom. The summed E-state index contributed by atoms with van der Waals surface area (Å²) in [4.78, 5) is 4.46. The van der Waals surface area contributed by atoms with Crippen LogP contribution in [-0.2, 0) is 24.4 Å². The zero-order chi connectivity index (χ0) is 27.9.